The molecule has 0 fully saturated rings. The summed E-state index contributed by atoms with van der Waals surface area (Å²) >= 11 is 16.5. The van der Waals surface area contributed by atoms with E-state index in [9.17, 15) is 18.9 Å². The average Bonchev–Trinajstić information content (AvgIpc) is 2.74. The second kappa shape index (κ2) is 10.2. The van der Waals surface area contributed by atoms with Crippen LogP contribution in [-0.4, -0.2) is 15.7 Å². The van der Waals surface area contributed by atoms with Crippen LogP contribution in [-0.2, 0) is 4.57 Å². The Balaban J connectivity index is 1.99. The van der Waals surface area contributed by atoms with Gasteiger partial charge in [-0.25, -0.2) is 0 Å². The van der Waals surface area contributed by atoms with Gasteiger partial charge in [0, 0.05) is 16.7 Å². The highest BCUT2D eigenvalue weighted by Crippen LogP contribution is 2.50. The molecule has 0 saturated heterocycles. The number of rotatable bonds is 9. The van der Waals surface area contributed by atoms with Gasteiger partial charge in [0.15, 0.2) is 0 Å². The van der Waals surface area contributed by atoms with E-state index in [4.69, 9.17) is 48.4 Å². The summed E-state index contributed by atoms with van der Waals surface area (Å²) in [7, 11) is -4.50. The monoisotopic (exact) mass is 512 g/mol. The summed E-state index contributed by atoms with van der Waals surface area (Å²) in [5.41, 5.74) is 0.251. The van der Waals surface area contributed by atoms with Gasteiger partial charge in [0.2, 0.25) is 0 Å². The van der Waals surface area contributed by atoms with Crippen molar-refractivity contribution in [3.63, 3.8) is 0 Å². The number of halogens is 3. The van der Waals surface area contributed by atoms with Gasteiger partial charge in [-0.2, -0.15) is 4.57 Å². The molecule has 0 radical (unpaired) electrons. The van der Waals surface area contributed by atoms with Gasteiger partial charge in [0.25, 0.3) is 15.7 Å². The standard InChI is InChI=1S/C21H12Cl3O7P/c22-19(25)13-4-1-7-16(10-13)29-32(28,30-17-8-2-5-14(11-17)20(23)26)31-18-9-3-6-15(12-18)21(24)27/h1-12H. The van der Waals surface area contributed by atoms with Crippen LogP contribution in [0.25, 0.3) is 0 Å². The van der Waals surface area contributed by atoms with Crippen LogP contribution in [0.1, 0.15) is 31.1 Å². The molecule has 0 heterocycles. The van der Waals surface area contributed by atoms with Crippen LogP contribution in [0.5, 0.6) is 17.2 Å². The predicted molar refractivity (Wildman–Crippen MR) is 119 cm³/mol. The number of carbonyl (C=O) groups excluding carboxylic acids is 3. The minimum atomic E-state index is -4.50. The zero-order valence-corrected chi connectivity index (χ0v) is 19.0. The van der Waals surface area contributed by atoms with Gasteiger partial charge >= 0.3 is 7.82 Å². The largest absolute Gasteiger partial charge is 0.647 e. The van der Waals surface area contributed by atoms with Gasteiger partial charge in [-0.3, -0.25) is 14.4 Å². The minimum Gasteiger partial charge on any atom is -0.386 e. The molecular formula is C21H12Cl3O7P. The molecule has 0 saturated carbocycles. The summed E-state index contributed by atoms with van der Waals surface area (Å²) in [5.74, 6) is -0.142. The Morgan fingerprint density at radius 1 is 0.562 bits per heavy atom. The Morgan fingerprint density at radius 2 is 0.844 bits per heavy atom. The zero-order chi connectivity index (χ0) is 23.3. The molecule has 0 amide bonds. The lowest BCUT2D eigenvalue weighted by molar-refractivity contribution is 0.107. The Bertz CT molecular complexity index is 1090. The summed E-state index contributed by atoms with van der Waals surface area (Å²) in [5, 5.41) is -2.27. The number of carbonyl (C=O) groups is 3. The van der Waals surface area contributed by atoms with Gasteiger partial charge < -0.3 is 13.6 Å². The maximum Gasteiger partial charge on any atom is 0.647 e. The highest BCUT2D eigenvalue weighted by Gasteiger charge is 2.34. The van der Waals surface area contributed by atoms with Gasteiger partial charge in [0.05, 0.1) is 0 Å². The van der Waals surface area contributed by atoms with Crippen LogP contribution >= 0.6 is 42.6 Å². The Hall–Kier alpha value is -2.83. The molecule has 3 rings (SSSR count). The summed E-state index contributed by atoms with van der Waals surface area (Å²) in [6.45, 7) is 0. The molecule has 0 spiro atoms. The lowest BCUT2D eigenvalue weighted by Gasteiger charge is -2.20. The van der Waals surface area contributed by atoms with E-state index in [1.807, 2.05) is 0 Å². The highest BCUT2D eigenvalue weighted by molar-refractivity contribution is 7.49. The smallest absolute Gasteiger partial charge is 0.386 e. The quantitative estimate of drug-likeness (QED) is 0.239. The molecule has 11 heteroatoms. The number of hydrogen-bond donors (Lipinski definition) is 0. The molecule has 0 N–H and O–H groups in total. The number of benzene rings is 3. The number of hydrogen-bond acceptors (Lipinski definition) is 7. The van der Waals surface area contributed by atoms with E-state index < -0.39 is 23.5 Å². The van der Waals surface area contributed by atoms with Crippen molar-refractivity contribution in [3.05, 3.63) is 89.5 Å². The van der Waals surface area contributed by atoms with Gasteiger partial charge in [0.1, 0.15) is 17.2 Å². The van der Waals surface area contributed by atoms with E-state index in [0.717, 1.165) is 0 Å². The van der Waals surface area contributed by atoms with Crippen molar-refractivity contribution in [1.29, 1.82) is 0 Å². The van der Waals surface area contributed by atoms with Crippen LogP contribution < -0.4 is 13.6 Å². The van der Waals surface area contributed by atoms with Crippen LogP contribution in [0.15, 0.2) is 72.8 Å². The molecule has 0 aliphatic heterocycles. The van der Waals surface area contributed by atoms with Crippen LogP contribution in [0.3, 0.4) is 0 Å². The Labute approximate surface area is 197 Å². The molecule has 3 aromatic rings. The van der Waals surface area contributed by atoms with Crippen molar-refractivity contribution < 1.29 is 32.5 Å². The van der Waals surface area contributed by atoms with Crippen LogP contribution in [0.4, 0.5) is 0 Å². The topological polar surface area (TPSA) is 96.0 Å². The molecule has 164 valence electrons. The fourth-order valence-corrected chi connectivity index (χ4v) is 4.05. The van der Waals surface area contributed by atoms with Crippen molar-refractivity contribution >= 4 is 58.4 Å². The molecular weight excluding hydrogens is 502 g/mol. The molecule has 0 atom stereocenters. The molecule has 3 aromatic carbocycles. The normalized spacial score (nSPS) is 10.8. The maximum atomic E-state index is 13.5. The summed E-state index contributed by atoms with van der Waals surface area (Å²) in [6, 6.07) is 16.6. The van der Waals surface area contributed by atoms with E-state index in [2.05, 4.69) is 0 Å². The molecule has 0 aliphatic carbocycles. The molecule has 0 unspecified atom stereocenters. The summed E-state index contributed by atoms with van der Waals surface area (Å²) in [4.78, 5) is 34.3. The SMILES string of the molecule is O=C(Cl)c1cccc(OP(=O)(Oc2cccc(C(=O)Cl)c2)Oc2cccc(C(=O)Cl)c2)c1. The lowest BCUT2D eigenvalue weighted by Crippen LogP contribution is -2.08. The van der Waals surface area contributed by atoms with E-state index >= 15 is 0 Å². The van der Waals surface area contributed by atoms with Gasteiger partial charge in [-0.15, -0.1) is 0 Å². The molecule has 0 aromatic heterocycles. The van der Waals surface area contributed by atoms with E-state index in [-0.39, 0.29) is 33.9 Å². The first-order valence-corrected chi connectivity index (χ1v) is 11.3. The Kier molecular flexibility index (Phi) is 7.59. The second-order valence-corrected chi connectivity index (χ2v) is 8.60. The molecule has 0 bridgehead atoms. The van der Waals surface area contributed by atoms with Crippen molar-refractivity contribution in [1.82, 2.24) is 0 Å². The first kappa shape index (κ1) is 23.8. The fraction of sp³-hybridized carbons (Fsp3) is 0. The minimum absolute atomic E-state index is 0.0472. The molecule has 7 nitrogen and oxygen atoms in total. The van der Waals surface area contributed by atoms with Crippen molar-refractivity contribution in [3.8, 4) is 17.2 Å². The predicted octanol–water partition coefficient (Wildman–Crippen LogP) is 6.47. The fourth-order valence-electron chi connectivity index (χ4n) is 2.47. The molecule has 32 heavy (non-hydrogen) atoms. The average molecular weight is 514 g/mol. The first-order chi connectivity index (χ1) is 15.1. The third-order valence-electron chi connectivity index (χ3n) is 3.83. The maximum absolute atomic E-state index is 13.5. The third-order valence-corrected chi connectivity index (χ3v) is 5.79. The van der Waals surface area contributed by atoms with E-state index in [1.54, 1.807) is 0 Å². The first-order valence-electron chi connectivity index (χ1n) is 8.74. The number of phosphoric ester groups is 1. The van der Waals surface area contributed by atoms with Crippen molar-refractivity contribution in [2.45, 2.75) is 0 Å². The van der Waals surface area contributed by atoms with Crippen LogP contribution in [0.2, 0.25) is 0 Å². The zero-order valence-electron chi connectivity index (χ0n) is 15.9. The lowest BCUT2D eigenvalue weighted by atomic mass is 10.2. The van der Waals surface area contributed by atoms with Crippen molar-refractivity contribution in [2.75, 3.05) is 0 Å². The summed E-state index contributed by atoms with van der Waals surface area (Å²) in [6.07, 6.45) is 0. The number of phosphoric acid groups is 1. The highest BCUT2D eigenvalue weighted by atomic mass is 35.5. The summed E-state index contributed by atoms with van der Waals surface area (Å²) < 4.78 is 29.9. The van der Waals surface area contributed by atoms with E-state index in [0.29, 0.717) is 0 Å². The molecule has 0 aliphatic rings. The van der Waals surface area contributed by atoms with Gasteiger partial charge in [-0.1, -0.05) is 18.2 Å². The van der Waals surface area contributed by atoms with Gasteiger partial charge in [-0.05, 0) is 89.4 Å². The van der Waals surface area contributed by atoms with E-state index in [1.165, 1.54) is 72.8 Å². The van der Waals surface area contributed by atoms with Crippen LogP contribution in [0, 0.1) is 0 Å². The Morgan fingerprint density at radius 3 is 1.09 bits per heavy atom. The third kappa shape index (κ3) is 6.34. The second-order valence-electron chi connectivity index (χ2n) is 6.13. The van der Waals surface area contributed by atoms with Crippen molar-refractivity contribution in [2.24, 2.45) is 0 Å².